The average molecular weight is 273 g/mol. The summed E-state index contributed by atoms with van der Waals surface area (Å²) in [7, 11) is 0. The number of benzene rings is 1. The predicted molar refractivity (Wildman–Crippen MR) is 68.2 cm³/mol. The average Bonchev–Trinajstić information content (AvgIpc) is 2.74. The van der Waals surface area contributed by atoms with Gasteiger partial charge in [-0.25, -0.2) is 8.78 Å². The number of rotatable bonds is 1. The molecule has 2 saturated heterocycles. The van der Waals surface area contributed by atoms with Crippen LogP contribution in [0, 0.1) is 11.6 Å². The lowest BCUT2D eigenvalue weighted by atomic mass is 10.1. The van der Waals surface area contributed by atoms with Gasteiger partial charge in [-0.3, -0.25) is 4.90 Å². The second-order valence-corrected chi connectivity index (χ2v) is 5.40. The van der Waals surface area contributed by atoms with Gasteiger partial charge < -0.3 is 4.90 Å². The molecule has 1 aromatic rings. The van der Waals surface area contributed by atoms with Crippen LogP contribution in [-0.4, -0.2) is 37.1 Å². The number of halogens is 3. The van der Waals surface area contributed by atoms with E-state index in [9.17, 15) is 8.78 Å². The molecular formula is C13H15ClF2N2. The van der Waals surface area contributed by atoms with E-state index in [1.54, 1.807) is 0 Å². The second-order valence-electron chi connectivity index (χ2n) is 5.00. The minimum absolute atomic E-state index is 0.166. The molecule has 2 fully saturated rings. The van der Waals surface area contributed by atoms with Gasteiger partial charge in [-0.1, -0.05) is 11.6 Å². The Morgan fingerprint density at radius 2 is 2.00 bits per heavy atom. The molecule has 0 spiro atoms. The Balaban J connectivity index is 1.87. The highest BCUT2D eigenvalue weighted by molar-refractivity contribution is 6.33. The quantitative estimate of drug-likeness (QED) is 0.776. The van der Waals surface area contributed by atoms with Crippen LogP contribution < -0.4 is 4.90 Å². The van der Waals surface area contributed by atoms with Crippen molar-refractivity contribution in [3.05, 3.63) is 28.8 Å². The zero-order chi connectivity index (χ0) is 12.7. The predicted octanol–water partition coefficient (Wildman–Crippen LogP) is 2.90. The van der Waals surface area contributed by atoms with Crippen LogP contribution in [0.3, 0.4) is 0 Å². The molecule has 0 radical (unpaired) electrons. The topological polar surface area (TPSA) is 6.48 Å². The molecule has 0 bridgehead atoms. The maximum absolute atomic E-state index is 13.9. The van der Waals surface area contributed by atoms with Crippen molar-refractivity contribution in [3.63, 3.8) is 0 Å². The molecule has 0 saturated carbocycles. The summed E-state index contributed by atoms with van der Waals surface area (Å²) in [6.45, 7) is 3.59. The fraction of sp³-hybridized carbons (Fsp3) is 0.538. The molecule has 0 aliphatic carbocycles. The van der Waals surface area contributed by atoms with Gasteiger partial charge in [-0.2, -0.15) is 0 Å². The van der Waals surface area contributed by atoms with Crippen molar-refractivity contribution >= 4 is 17.3 Å². The maximum Gasteiger partial charge on any atom is 0.150 e. The van der Waals surface area contributed by atoms with Crippen molar-refractivity contribution in [2.75, 3.05) is 31.1 Å². The van der Waals surface area contributed by atoms with E-state index in [1.165, 1.54) is 12.5 Å². The summed E-state index contributed by atoms with van der Waals surface area (Å²) in [5, 5.41) is 0.166. The van der Waals surface area contributed by atoms with Crippen LogP contribution in [0.25, 0.3) is 0 Å². The molecule has 0 aromatic heterocycles. The molecule has 1 atom stereocenters. The van der Waals surface area contributed by atoms with E-state index in [4.69, 9.17) is 11.6 Å². The van der Waals surface area contributed by atoms with Crippen LogP contribution in [0.15, 0.2) is 12.1 Å². The SMILES string of the molecule is Fc1cc(F)c(N2CCN3CCCC3C2)c(Cl)c1. The van der Waals surface area contributed by atoms with Crippen LogP contribution >= 0.6 is 11.6 Å². The Kier molecular flexibility index (Phi) is 3.16. The summed E-state index contributed by atoms with van der Waals surface area (Å²) in [6, 6.07) is 2.57. The van der Waals surface area contributed by atoms with E-state index in [1.807, 2.05) is 4.90 Å². The molecule has 2 nitrogen and oxygen atoms in total. The Morgan fingerprint density at radius 3 is 2.78 bits per heavy atom. The highest BCUT2D eigenvalue weighted by atomic mass is 35.5. The van der Waals surface area contributed by atoms with E-state index in [0.717, 1.165) is 38.7 Å². The van der Waals surface area contributed by atoms with Crippen LogP contribution in [0.5, 0.6) is 0 Å². The molecule has 3 rings (SSSR count). The van der Waals surface area contributed by atoms with Gasteiger partial charge in [-0.05, 0) is 25.5 Å². The van der Waals surface area contributed by atoms with Crippen LogP contribution in [0.2, 0.25) is 5.02 Å². The normalized spacial score (nSPS) is 24.4. The van der Waals surface area contributed by atoms with Crippen LogP contribution in [-0.2, 0) is 0 Å². The standard InChI is InChI=1S/C13H15ClF2N2/c14-11-6-9(15)7-12(16)13(11)18-5-4-17-3-1-2-10(17)8-18/h6-7,10H,1-5,8H2. The lowest BCUT2D eigenvalue weighted by Gasteiger charge is -2.39. The summed E-state index contributed by atoms with van der Waals surface area (Å²) in [5.74, 6) is -1.19. The third-order valence-corrected chi connectivity index (χ3v) is 4.17. The molecule has 18 heavy (non-hydrogen) atoms. The van der Waals surface area contributed by atoms with Gasteiger partial charge in [0.25, 0.3) is 0 Å². The first-order chi connectivity index (χ1) is 8.65. The van der Waals surface area contributed by atoms with Gasteiger partial charge in [0.15, 0.2) is 5.82 Å². The lowest BCUT2D eigenvalue weighted by Crippen LogP contribution is -2.50. The Labute approximate surface area is 110 Å². The van der Waals surface area contributed by atoms with Crippen LogP contribution in [0.4, 0.5) is 14.5 Å². The summed E-state index contributed by atoms with van der Waals surface area (Å²) in [6.07, 6.45) is 2.36. The number of fused-ring (bicyclic) bond motifs is 1. The largest absolute Gasteiger partial charge is 0.365 e. The molecule has 0 amide bonds. The van der Waals surface area contributed by atoms with E-state index >= 15 is 0 Å². The third kappa shape index (κ3) is 2.08. The van der Waals surface area contributed by atoms with Gasteiger partial charge in [0.1, 0.15) is 5.82 Å². The summed E-state index contributed by atoms with van der Waals surface area (Å²) in [5.41, 5.74) is 0.351. The smallest absolute Gasteiger partial charge is 0.150 e. The molecule has 2 heterocycles. The Bertz CT molecular complexity index is 443. The maximum atomic E-state index is 13.9. The molecule has 0 N–H and O–H groups in total. The first-order valence-electron chi connectivity index (χ1n) is 6.28. The van der Waals surface area contributed by atoms with Gasteiger partial charge in [0.05, 0.1) is 10.7 Å². The van der Waals surface area contributed by atoms with Crippen molar-refractivity contribution in [2.24, 2.45) is 0 Å². The summed E-state index contributed by atoms with van der Waals surface area (Å²) >= 11 is 5.98. The Hall–Kier alpha value is -0.870. The van der Waals surface area contributed by atoms with E-state index in [-0.39, 0.29) is 5.02 Å². The van der Waals surface area contributed by atoms with Crippen molar-refractivity contribution in [3.8, 4) is 0 Å². The number of anilines is 1. The molecule has 1 aromatic carbocycles. The van der Waals surface area contributed by atoms with Gasteiger partial charge in [0, 0.05) is 31.7 Å². The highest BCUT2D eigenvalue weighted by Crippen LogP contribution is 2.33. The lowest BCUT2D eigenvalue weighted by molar-refractivity contribution is 0.230. The van der Waals surface area contributed by atoms with Gasteiger partial charge >= 0.3 is 0 Å². The van der Waals surface area contributed by atoms with E-state index in [2.05, 4.69) is 4.90 Å². The van der Waals surface area contributed by atoms with Crippen molar-refractivity contribution in [1.82, 2.24) is 4.90 Å². The van der Waals surface area contributed by atoms with E-state index in [0.29, 0.717) is 11.7 Å². The van der Waals surface area contributed by atoms with Crippen molar-refractivity contribution < 1.29 is 8.78 Å². The first-order valence-corrected chi connectivity index (χ1v) is 6.66. The monoisotopic (exact) mass is 272 g/mol. The van der Waals surface area contributed by atoms with Gasteiger partial charge in [-0.15, -0.1) is 0 Å². The van der Waals surface area contributed by atoms with Crippen molar-refractivity contribution in [1.29, 1.82) is 0 Å². The second kappa shape index (κ2) is 4.67. The van der Waals surface area contributed by atoms with E-state index < -0.39 is 11.6 Å². The number of hydrogen-bond acceptors (Lipinski definition) is 2. The minimum atomic E-state index is -0.624. The molecule has 98 valence electrons. The van der Waals surface area contributed by atoms with Crippen molar-refractivity contribution in [2.45, 2.75) is 18.9 Å². The molecule has 5 heteroatoms. The number of hydrogen-bond donors (Lipinski definition) is 0. The molecule has 1 unspecified atom stereocenters. The summed E-state index contributed by atoms with van der Waals surface area (Å²) < 4.78 is 26.9. The Morgan fingerprint density at radius 1 is 1.17 bits per heavy atom. The molecule has 2 aliphatic heterocycles. The third-order valence-electron chi connectivity index (χ3n) is 3.89. The zero-order valence-corrected chi connectivity index (χ0v) is 10.8. The highest BCUT2D eigenvalue weighted by Gasteiger charge is 2.32. The summed E-state index contributed by atoms with van der Waals surface area (Å²) in [4.78, 5) is 4.38. The number of nitrogens with zero attached hydrogens (tertiary/aromatic N) is 2. The molecule has 2 aliphatic rings. The zero-order valence-electron chi connectivity index (χ0n) is 10.0. The molecular weight excluding hydrogens is 258 g/mol. The minimum Gasteiger partial charge on any atom is -0.365 e. The van der Waals surface area contributed by atoms with Gasteiger partial charge in [0.2, 0.25) is 0 Å². The fourth-order valence-corrected chi connectivity index (χ4v) is 3.34. The van der Waals surface area contributed by atoms with Crippen LogP contribution in [0.1, 0.15) is 12.8 Å². The fourth-order valence-electron chi connectivity index (χ4n) is 3.03. The first kappa shape index (κ1) is 12.2. The number of piperazine rings is 1.